The predicted octanol–water partition coefficient (Wildman–Crippen LogP) is -1.44. The highest BCUT2D eigenvalue weighted by molar-refractivity contribution is 5.60. The number of H-pyrrole nitrogens is 1. The van der Waals surface area contributed by atoms with E-state index in [-0.39, 0.29) is 24.7 Å². The van der Waals surface area contributed by atoms with Crippen LogP contribution in [0.1, 0.15) is 6.92 Å². The molecule has 18 heavy (non-hydrogen) atoms. The molecule has 0 unspecified atom stereocenters. The van der Waals surface area contributed by atoms with Crippen LogP contribution >= 0.6 is 0 Å². The van der Waals surface area contributed by atoms with Gasteiger partial charge in [-0.05, 0) is 6.92 Å². The Morgan fingerprint density at radius 1 is 1.44 bits per heavy atom. The van der Waals surface area contributed by atoms with Gasteiger partial charge in [0.1, 0.15) is 11.5 Å². The summed E-state index contributed by atoms with van der Waals surface area (Å²) in [6, 6.07) is 0. The van der Waals surface area contributed by atoms with Crippen molar-refractivity contribution in [1.29, 1.82) is 0 Å². The van der Waals surface area contributed by atoms with Crippen molar-refractivity contribution in [3.63, 3.8) is 0 Å². The summed E-state index contributed by atoms with van der Waals surface area (Å²) in [5.74, 6) is 0.105. The number of rotatable bonds is 7. The van der Waals surface area contributed by atoms with E-state index in [9.17, 15) is 9.59 Å². The maximum absolute atomic E-state index is 11.6. The molecule has 0 saturated carbocycles. The number of anilines is 2. The second-order valence-electron chi connectivity index (χ2n) is 3.53. The van der Waals surface area contributed by atoms with Crippen molar-refractivity contribution in [3.05, 3.63) is 20.8 Å². The maximum Gasteiger partial charge on any atom is 0.330 e. The molecular formula is C10H18N4O4. The van der Waals surface area contributed by atoms with E-state index in [0.29, 0.717) is 19.7 Å². The highest BCUT2D eigenvalue weighted by Gasteiger charge is 2.10. The first kappa shape index (κ1) is 14.3. The Morgan fingerprint density at radius 2 is 2.17 bits per heavy atom. The van der Waals surface area contributed by atoms with Gasteiger partial charge in [0.2, 0.25) is 0 Å². The van der Waals surface area contributed by atoms with Gasteiger partial charge >= 0.3 is 5.69 Å². The van der Waals surface area contributed by atoms with Crippen molar-refractivity contribution in [1.82, 2.24) is 9.55 Å². The van der Waals surface area contributed by atoms with Crippen LogP contribution in [0.15, 0.2) is 9.59 Å². The molecular weight excluding hydrogens is 240 g/mol. The average Bonchev–Trinajstić information content (AvgIpc) is 2.32. The normalized spacial score (nSPS) is 10.6. The van der Waals surface area contributed by atoms with Gasteiger partial charge in [-0.1, -0.05) is 0 Å². The first-order chi connectivity index (χ1) is 8.61. The molecule has 8 heteroatoms. The summed E-state index contributed by atoms with van der Waals surface area (Å²) >= 11 is 0. The maximum atomic E-state index is 11.6. The molecule has 0 amide bonds. The van der Waals surface area contributed by atoms with Crippen LogP contribution in [0.4, 0.5) is 11.5 Å². The lowest BCUT2D eigenvalue weighted by Crippen LogP contribution is -2.34. The Kier molecular flexibility index (Phi) is 5.40. The number of nitrogen functional groups attached to an aromatic ring is 1. The topological polar surface area (TPSA) is 122 Å². The van der Waals surface area contributed by atoms with E-state index in [1.165, 1.54) is 4.57 Å². The van der Waals surface area contributed by atoms with Crippen LogP contribution in [0, 0.1) is 0 Å². The Labute approximate surface area is 103 Å². The van der Waals surface area contributed by atoms with Crippen LogP contribution in [0.5, 0.6) is 0 Å². The Hall–Kier alpha value is -1.80. The summed E-state index contributed by atoms with van der Waals surface area (Å²) in [4.78, 5) is 25.1. The van der Waals surface area contributed by atoms with E-state index in [1.807, 2.05) is 0 Å². The molecule has 0 aromatic carbocycles. The van der Waals surface area contributed by atoms with E-state index in [1.54, 1.807) is 6.92 Å². The van der Waals surface area contributed by atoms with Crippen LogP contribution in [0.2, 0.25) is 0 Å². The van der Waals surface area contributed by atoms with Gasteiger partial charge in [0.25, 0.3) is 5.56 Å². The van der Waals surface area contributed by atoms with E-state index in [0.717, 1.165) is 0 Å². The molecule has 1 aromatic rings. The van der Waals surface area contributed by atoms with Crippen molar-refractivity contribution >= 4 is 11.5 Å². The molecule has 0 bridgehead atoms. The molecule has 0 aliphatic heterocycles. The van der Waals surface area contributed by atoms with Gasteiger partial charge in [-0.25, -0.2) is 4.79 Å². The van der Waals surface area contributed by atoms with Gasteiger partial charge in [0, 0.05) is 13.1 Å². The number of hydrogen-bond acceptors (Lipinski definition) is 6. The SMILES string of the molecule is CCn1c(N)c(NCCOCCO)c(=O)[nH]c1=O. The fraction of sp³-hybridized carbons (Fsp3) is 0.600. The monoisotopic (exact) mass is 258 g/mol. The summed E-state index contributed by atoms with van der Waals surface area (Å²) < 4.78 is 6.29. The van der Waals surface area contributed by atoms with Crippen molar-refractivity contribution in [2.45, 2.75) is 13.5 Å². The first-order valence-corrected chi connectivity index (χ1v) is 5.66. The van der Waals surface area contributed by atoms with Gasteiger partial charge in [-0.2, -0.15) is 0 Å². The summed E-state index contributed by atoms with van der Waals surface area (Å²) in [6.07, 6.45) is 0. The quantitative estimate of drug-likeness (QED) is 0.444. The Morgan fingerprint density at radius 3 is 2.78 bits per heavy atom. The lowest BCUT2D eigenvalue weighted by atomic mass is 10.4. The summed E-state index contributed by atoms with van der Waals surface area (Å²) in [6.45, 7) is 2.99. The third kappa shape index (κ3) is 3.34. The summed E-state index contributed by atoms with van der Waals surface area (Å²) in [7, 11) is 0. The molecule has 1 heterocycles. The van der Waals surface area contributed by atoms with Crippen LogP contribution in [0.3, 0.4) is 0 Å². The summed E-state index contributed by atoms with van der Waals surface area (Å²) in [5.41, 5.74) is 4.82. The molecule has 1 aromatic heterocycles. The fourth-order valence-corrected chi connectivity index (χ4v) is 1.49. The molecule has 0 spiro atoms. The van der Waals surface area contributed by atoms with Crippen LogP contribution < -0.4 is 22.3 Å². The molecule has 102 valence electrons. The number of aliphatic hydroxyl groups is 1. The van der Waals surface area contributed by atoms with Gasteiger partial charge in [0.05, 0.1) is 19.8 Å². The third-order valence-electron chi connectivity index (χ3n) is 2.34. The van der Waals surface area contributed by atoms with E-state index < -0.39 is 11.2 Å². The highest BCUT2D eigenvalue weighted by atomic mass is 16.5. The van der Waals surface area contributed by atoms with Crippen LogP contribution in [-0.4, -0.2) is 41.0 Å². The van der Waals surface area contributed by atoms with Gasteiger partial charge < -0.3 is 20.9 Å². The Balaban J connectivity index is 2.77. The van der Waals surface area contributed by atoms with Gasteiger partial charge in [-0.3, -0.25) is 14.3 Å². The van der Waals surface area contributed by atoms with E-state index >= 15 is 0 Å². The number of aliphatic hydroxyl groups excluding tert-OH is 1. The van der Waals surface area contributed by atoms with Crippen molar-refractivity contribution in [2.24, 2.45) is 0 Å². The molecule has 1 rings (SSSR count). The number of aromatic amines is 1. The molecule has 0 fully saturated rings. The molecule has 0 aliphatic carbocycles. The second kappa shape index (κ2) is 6.82. The highest BCUT2D eigenvalue weighted by Crippen LogP contribution is 2.08. The van der Waals surface area contributed by atoms with E-state index in [4.69, 9.17) is 15.6 Å². The molecule has 8 nitrogen and oxygen atoms in total. The number of nitrogens with two attached hydrogens (primary N) is 1. The zero-order valence-corrected chi connectivity index (χ0v) is 10.2. The minimum Gasteiger partial charge on any atom is -0.394 e. The number of hydrogen-bond donors (Lipinski definition) is 4. The number of nitrogens with one attached hydrogen (secondary N) is 2. The molecule has 0 aliphatic rings. The molecule has 5 N–H and O–H groups in total. The number of nitrogens with zero attached hydrogens (tertiary/aromatic N) is 1. The predicted molar refractivity (Wildman–Crippen MR) is 67.8 cm³/mol. The molecule has 0 saturated heterocycles. The van der Waals surface area contributed by atoms with E-state index in [2.05, 4.69) is 10.3 Å². The van der Waals surface area contributed by atoms with Crippen molar-refractivity contribution < 1.29 is 9.84 Å². The minimum absolute atomic E-state index is 0.0521. The van der Waals surface area contributed by atoms with Crippen molar-refractivity contribution in [3.8, 4) is 0 Å². The zero-order chi connectivity index (χ0) is 13.5. The fourth-order valence-electron chi connectivity index (χ4n) is 1.49. The lowest BCUT2D eigenvalue weighted by Gasteiger charge is -2.12. The largest absolute Gasteiger partial charge is 0.394 e. The average molecular weight is 258 g/mol. The van der Waals surface area contributed by atoms with Crippen molar-refractivity contribution in [2.75, 3.05) is 37.4 Å². The van der Waals surface area contributed by atoms with Crippen LogP contribution in [-0.2, 0) is 11.3 Å². The minimum atomic E-state index is -0.552. The zero-order valence-electron chi connectivity index (χ0n) is 10.2. The van der Waals surface area contributed by atoms with Gasteiger partial charge in [0.15, 0.2) is 0 Å². The second-order valence-corrected chi connectivity index (χ2v) is 3.53. The molecule has 0 atom stereocenters. The smallest absolute Gasteiger partial charge is 0.330 e. The number of ether oxygens (including phenoxy) is 1. The Bertz CT molecular complexity index is 494. The third-order valence-corrected chi connectivity index (χ3v) is 2.34. The van der Waals surface area contributed by atoms with Gasteiger partial charge in [-0.15, -0.1) is 0 Å². The molecule has 0 radical (unpaired) electrons. The van der Waals surface area contributed by atoms with Crippen LogP contribution in [0.25, 0.3) is 0 Å². The number of aromatic nitrogens is 2. The standard InChI is InChI=1S/C10H18N4O4/c1-2-14-8(11)7(9(16)13-10(14)17)12-3-5-18-6-4-15/h12,15H,2-6,11H2,1H3,(H,13,16,17). The summed E-state index contributed by atoms with van der Waals surface area (Å²) in [5, 5.41) is 11.3. The first-order valence-electron chi connectivity index (χ1n) is 5.66. The lowest BCUT2D eigenvalue weighted by molar-refractivity contribution is 0.0992.